The molecule has 0 saturated heterocycles. The van der Waals surface area contributed by atoms with Gasteiger partial charge in [-0.15, -0.1) is 0 Å². The molecule has 0 saturated carbocycles. The highest BCUT2D eigenvalue weighted by Crippen LogP contribution is 2.31. The first-order valence-electron chi connectivity index (χ1n) is 11.6. The summed E-state index contributed by atoms with van der Waals surface area (Å²) in [5.41, 5.74) is -2.47. The van der Waals surface area contributed by atoms with E-state index in [1.807, 2.05) is 6.07 Å². The SMILES string of the molecule is CCCCCn1ccc2cc(-c3ncc(C(C)O)cn3)c(F)cc2c1=O.O=c1[nH]ncc(O)c1C(F)(F)F. The summed E-state index contributed by atoms with van der Waals surface area (Å²) < 4.78 is 51.9. The van der Waals surface area contributed by atoms with Crippen LogP contribution in [-0.4, -0.2) is 34.9 Å². The number of aliphatic hydroxyl groups excluding tert-OH is 1. The summed E-state index contributed by atoms with van der Waals surface area (Å²) in [4.78, 5) is 31.3. The number of hydrogen-bond donors (Lipinski definition) is 3. The molecule has 0 amide bonds. The van der Waals surface area contributed by atoms with Gasteiger partial charge in [-0.3, -0.25) is 9.59 Å². The van der Waals surface area contributed by atoms with E-state index < -0.39 is 35.0 Å². The van der Waals surface area contributed by atoms with Crippen molar-refractivity contribution in [2.24, 2.45) is 0 Å². The maximum absolute atomic E-state index is 14.6. The predicted molar refractivity (Wildman–Crippen MR) is 131 cm³/mol. The third kappa shape index (κ3) is 6.59. The Morgan fingerprint density at radius 3 is 2.34 bits per heavy atom. The Labute approximate surface area is 213 Å². The monoisotopic (exact) mass is 535 g/mol. The average molecular weight is 535 g/mol. The number of aromatic hydroxyl groups is 1. The lowest BCUT2D eigenvalue weighted by Gasteiger charge is -2.09. The third-order valence-electron chi connectivity index (χ3n) is 5.58. The van der Waals surface area contributed by atoms with Gasteiger partial charge in [0.25, 0.3) is 11.1 Å². The molecule has 0 aliphatic carbocycles. The van der Waals surface area contributed by atoms with Crippen LogP contribution in [-0.2, 0) is 12.7 Å². The number of unbranched alkanes of at least 4 members (excludes halogenated alkanes) is 2. The molecule has 0 aliphatic rings. The largest absolute Gasteiger partial charge is 0.505 e. The van der Waals surface area contributed by atoms with Gasteiger partial charge in [0.2, 0.25) is 0 Å². The lowest BCUT2D eigenvalue weighted by Crippen LogP contribution is -2.22. The number of pyridine rings is 1. The Hall–Kier alpha value is -4.13. The standard InChI is InChI=1S/C20H22FN3O2.C5H3F3N2O2/c1-3-4-5-7-24-8-6-14-9-17(18(21)10-16(14)20(24)26)19-22-11-15(12-23-19)13(2)25;6-5(7,8)3-2(11)1-9-10-4(3)12/h6,8-13,25H,3-5,7H2,1-2H3;1H,(H2,10,11,12). The number of nitrogens with one attached hydrogen (secondary N) is 1. The van der Waals surface area contributed by atoms with Crippen molar-refractivity contribution in [2.75, 3.05) is 0 Å². The molecule has 202 valence electrons. The van der Waals surface area contributed by atoms with Crippen molar-refractivity contribution in [3.8, 4) is 17.1 Å². The Morgan fingerprint density at radius 2 is 1.79 bits per heavy atom. The van der Waals surface area contributed by atoms with E-state index in [0.717, 1.165) is 19.3 Å². The second-order valence-electron chi connectivity index (χ2n) is 8.41. The van der Waals surface area contributed by atoms with Crippen LogP contribution < -0.4 is 11.1 Å². The molecular weight excluding hydrogens is 510 g/mol. The quantitative estimate of drug-likeness (QED) is 0.247. The van der Waals surface area contributed by atoms with Gasteiger partial charge in [0.1, 0.15) is 5.82 Å². The van der Waals surface area contributed by atoms with Gasteiger partial charge < -0.3 is 14.8 Å². The fourth-order valence-corrected chi connectivity index (χ4v) is 3.54. The molecule has 0 radical (unpaired) electrons. The van der Waals surface area contributed by atoms with Crippen molar-refractivity contribution < 1.29 is 27.8 Å². The first-order chi connectivity index (χ1) is 17.9. The number of alkyl halides is 3. The Morgan fingerprint density at radius 1 is 1.11 bits per heavy atom. The van der Waals surface area contributed by atoms with Gasteiger partial charge in [-0.25, -0.2) is 19.5 Å². The number of aromatic nitrogens is 5. The van der Waals surface area contributed by atoms with Crippen LogP contribution >= 0.6 is 0 Å². The highest BCUT2D eigenvalue weighted by Gasteiger charge is 2.37. The minimum atomic E-state index is -4.86. The topological polar surface area (TPSA) is 134 Å². The molecule has 38 heavy (non-hydrogen) atoms. The molecule has 1 aromatic carbocycles. The predicted octanol–water partition coefficient (Wildman–Crippen LogP) is 4.34. The van der Waals surface area contributed by atoms with Crippen LogP contribution in [0.3, 0.4) is 0 Å². The minimum Gasteiger partial charge on any atom is -0.505 e. The number of fused-ring (bicyclic) bond motifs is 1. The summed E-state index contributed by atoms with van der Waals surface area (Å²) in [5.74, 6) is -1.49. The summed E-state index contributed by atoms with van der Waals surface area (Å²) in [6, 6.07) is 4.67. The van der Waals surface area contributed by atoms with Crippen molar-refractivity contribution in [1.29, 1.82) is 0 Å². The number of rotatable bonds is 6. The Balaban J connectivity index is 0.000000279. The maximum atomic E-state index is 14.6. The number of aliphatic hydroxyl groups is 1. The van der Waals surface area contributed by atoms with Gasteiger partial charge in [0.05, 0.1) is 23.3 Å². The van der Waals surface area contributed by atoms with E-state index in [4.69, 9.17) is 5.11 Å². The molecule has 3 heterocycles. The molecule has 3 aromatic heterocycles. The number of nitrogens with zero attached hydrogens (tertiary/aromatic N) is 4. The fraction of sp³-hybridized carbons (Fsp3) is 0.320. The molecule has 0 fully saturated rings. The molecule has 3 N–H and O–H groups in total. The third-order valence-corrected chi connectivity index (χ3v) is 5.58. The van der Waals surface area contributed by atoms with Gasteiger partial charge in [0.15, 0.2) is 17.1 Å². The van der Waals surface area contributed by atoms with E-state index in [2.05, 4.69) is 22.0 Å². The first kappa shape index (κ1) is 28.4. The highest BCUT2D eigenvalue weighted by molar-refractivity contribution is 5.85. The molecule has 0 aliphatic heterocycles. The number of benzene rings is 1. The Kier molecular flexibility index (Phi) is 8.94. The zero-order valence-electron chi connectivity index (χ0n) is 20.5. The van der Waals surface area contributed by atoms with Crippen LogP contribution in [0.4, 0.5) is 17.6 Å². The zero-order chi connectivity index (χ0) is 28.0. The maximum Gasteiger partial charge on any atom is 0.425 e. The van der Waals surface area contributed by atoms with Crippen LogP contribution in [0, 0.1) is 5.82 Å². The Bertz CT molecular complexity index is 1520. The van der Waals surface area contributed by atoms with E-state index in [1.165, 1.54) is 18.5 Å². The number of hydrogen-bond acceptors (Lipinski definition) is 7. The molecular formula is C25H25F4N5O4. The number of aromatic amines is 1. The molecule has 4 aromatic rings. The lowest BCUT2D eigenvalue weighted by atomic mass is 10.1. The summed E-state index contributed by atoms with van der Waals surface area (Å²) in [5, 5.41) is 23.7. The molecule has 9 nitrogen and oxygen atoms in total. The van der Waals surface area contributed by atoms with Crippen molar-refractivity contribution >= 4 is 10.8 Å². The van der Waals surface area contributed by atoms with Crippen molar-refractivity contribution in [3.63, 3.8) is 0 Å². The van der Waals surface area contributed by atoms with E-state index in [9.17, 15) is 32.3 Å². The smallest absolute Gasteiger partial charge is 0.425 e. The molecule has 1 unspecified atom stereocenters. The number of aryl methyl sites for hydroxylation is 1. The van der Waals surface area contributed by atoms with Gasteiger partial charge >= 0.3 is 6.18 Å². The molecule has 1 atom stereocenters. The highest BCUT2D eigenvalue weighted by atomic mass is 19.4. The second-order valence-corrected chi connectivity index (χ2v) is 8.41. The van der Waals surface area contributed by atoms with Crippen molar-refractivity contribution in [1.82, 2.24) is 24.7 Å². The van der Waals surface area contributed by atoms with E-state index in [-0.39, 0.29) is 16.9 Å². The van der Waals surface area contributed by atoms with Crippen LogP contribution in [0.5, 0.6) is 5.75 Å². The normalized spacial score (nSPS) is 12.2. The van der Waals surface area contributed by atoms with E-state index in [0.29, 0.717) is 29.1 Å². The molecule has 0 spiro atoms. The van der Waals surface area contributed by atoms with Crippen molar-refractivity contribution in [3.05, 3.63) is 80.6 Å². The summed E-state index contributed by atoms with van der Waals surface area (Å²) >= 11 is 0. The molecule has 4 rings (SSSR count). The first-order valence-corrected chi connectivity index (χ1v) is 11.6. The van der Waals surface area contributed by atoms with Gasteiger partial charge in [-0.1, -0.05) is 19.8 Å². The van der Waals surface area contributed by atoms with Crippen LogP contribution in [0.2, 0.25) is 0 Å². The van der Waals surface area contributed by atoms with E-state index >= 15 is 0 Å². The number of halogens is 4. The van der Waals surface area contributed by atoms with Crippen LogP contribution in [0.25, 0.3) is 22.2 Å². The lowest BCUT2D eigenvalue weighted by molar-refractivity contribution is -0.140. The average Bonchev–Trinajstić information content (AvgIpc) is 2.85. The second kappa shape index (κ2) is 11.9. The van der Waals surface area contributed by atoms with Gasteiger partial charge in [-0.2, -0.15) is 18.3 Å². The van der Waals surface area contributed by atoms with Gasteiger partial charge in [-0.05, 0) is 36.9 Å². The zero-order valence-corrected chi connectivity index (χ0v) is 20.5. The van der Waals surface area contributed by atoms with E-state index in [1.54, 1.807) is 28.9 Å². The van der Waals surface area contributed by atoms with Crippen LogP contribution in [0.1, 0.15) is 50.3 Å². The van der Waals surface area contributed by atoms with Crippen molar-refractivity contribution in [2.45, 2.75) is 51.9 Å². The van der Waals surface area contributed by atoms with Crippen LogP contribution in [0.15, 0.2) is 52.6 Å². The molecule has 13 heteroatoms. The fourth-order valence-electron chi connectivity index (χ4n) is 3.54. The summed E-state index contributed by atoms with van der Waals surface area (Å²) in [7, 11) is 0. The van der Waals surface area contributed by atoms with Gasteiger partial charge in [0, 0.05) is 30.7 Å². The summed E-state index contributed by atoms with van der Waals surface area (Å²) in [6.45, 7) is 4.35. The number of H-pyrrole nitrogens is 1. The summed E-state index contributed by atoms with van der Waals surface area (Å²) in [6.07, 6.45) is 2.73. The molecule has 0 bridgehead atoms. The minimum absolute atomic E-state index is 0.186.